The van der Waals surface area contributed by atoms with Crippen molar-refractivity contribution in [2.45, 2.75) is 38.1 Å². The molecule has 0 spiro atoms. The van der Waals surface area contributed by atoms with Crippen molar-refractivity contribution in [2.24, 2.45) is 4.99 Å². The van der Waals surface area contributed by atoms with Crippen LogP contribution in [0, 0.1) is 0 Å². The van der Waals surface area contributed by atoms with E-state index in [1.807, 2.05) is 77.8 Å². The van der Waals surface area contributed by atoms with E-state index in [0.717, 1.165) is 40.0 Å². The van der Waals surface area contributed by atoms with Crippen LogP contribution in [0.4, 0.5) is 28.4 Å². The number of likely N-dealkylation sites (N-methyl/N-ethyl adjacent to an activating group) is 1. The predicted octanol–water partition coefficient (Wildman–Crippen LogP) is 6.30. The normalized spacial score (nSPS) is 17.1. The minimum Gasteiger partial charge on any atom is -0.493 e. The first-order chi connectivity index (χ1) is 28.3. The van der Waals surface area contributed by atoms with Gasteiger partial charge in [-0.15, -0.1) is 0 Å². The Bertz CT molecular complexity index is 2500. The lowest BCUT2D eigenvalue weighted by Gasteiger charge is -2.22. The molecule has 0 saturated carbocycles. The number of benzene rings is 5. The first-order valence-corrected chi connectivity index (χ1v) is 19.2. The van der Waals surface area contributed by atoms with E-state index in [4.69, 9.17) is 23.9 Å². The highest BCUT2D eigenvalue weighted by Gasteiger charge is 2.38. The van der Waals surface area contributed by atoms with E-state index >= 15 is 0 Å². The van der Waals surface area contributed by atoms with Crippen LogP contribution >= 0.6 is 0 Å². The topological polar surface area (TPSA) is 143 Å². The Labute approximate surface area is 335 Å². The monoisotopic (exact) mass is 778 g/mol. The Hall–Kier alpha value is -6.86. The van der Waals surface area contributed by atoms with Gasteiger partial charge in [-0.1, -0.05) is 36.4 Å². The van der Waals surface area contributed by atoms with Crippen molar-refractivity contribution in [3.8, 4) is 23.0 Å². The zero-order valence-electron chi connectivity index (χ0n) is 32.3. The van der Waals surface area contributed by atoms with Gasteiger partial charge in [-0.3, -0.25) is 24.3 Å². The van der Waals surface area contributed by atoms with Gasteiger partial charge in [-0.2, -0.15) is 0 Å². The third-order valence-electron chi connectivity index (χ3n) is 10.9. The van der Waals surface area contributed by atoms with Gasteiger partial charge in [0, 0.05) is 48.4 Å². The summed E-state index contributed by atoms with van der Waals surface area (Å²) in [5.74, 6) is 1.23. The summed E-state index contributed by atoms with van der Waals surface area (Å²) in [4.78, 5) is 48.9. The second-order valence-electron chi connectivity index (χ2n) is 14.7. The molecule has 0 fully saturated rings. The lowest BCUT2D eigenvalue weighted by atomic mass is 10.1. The number of carbonyl (C=O) groups excluding carboxylic acids is 3. The van der Waals surface area contributed by atoms with Gasteiger partial charge in [0.05, 0.1) is 55.3 Å². The summed E-state index contributed by atoms with van der Waals surface area (Å²) in [5, 5.41) is 9.30. The van der Waals surface area contributed by atoms with E-state index < -0.39 is 0 Å². The van der Waals surface area contributed by atoms with Gasteiger partial charge in [0.1, 0.15) is 13.2 Å². The van der Waals surface area contributed by atoms with Crippen LogP contribution < -0.4 is 44.7 Å². The van der Waals surface area contributed by atoms with Gasteiger partial charge in [-0.05, 0) is 78.2 Å². The average Bonchev–Trinajstić information content (AvgIpc) is 3.73. The van der Waals surface area contributed by atoms with Crippen LogP contribution in [0.2, 0.25) is 0 Å². The third kappa shape index (κ3) is 6.72. The molecule has 13 nitrogen and oxygen atoms in total. The second kappa shape index (κ2) is 15.2. The third-order valence-corrected chi connectivity index (χ3v) is 10.9. The number of ether oxygens (including phenoxy) is 4. The highest BCUT2D eigenvalue weighted by atomic mass is 16.5. The molecule has 13 heteroatoms. The zero-order chi connectivity index (χ0) is 39.9. The lowest BCUT2D eigenvalue weighted by Crippen LogP contribution is -2.39. The fourth-order valence-electron chi connectivity index (χ4n) is 8.29. The molecule has 3 N–H and O–H groups in total. The van der Waals surface area contributed by atoms with Crippen molar-refractivity contribution in [3.63, 3.8) is 0 Å². The van der Waals surface area contributed by atoms with Crippen LogP contribution in [0.3, 0.4) is 0 Å². The smallest absolute Gasteiger partial charge is 0.261 e. The maximum atomic E-state index is 13.9. The van der Waals surface area contributed by atoms with Crippen molar-refractivity contribution in [1.29, 1.82) is 0 Å². The minimum absolute atomic E-state index is 0.00831. The molecule has 0 aliphatic carbocycles. The first kappa shape index (κ1) is 36.8. The van der Waals surface area contributed by atoms with Crippen molar-refractivity contribution >= 4 is 52.4 Å². The average molecular weight is 779 g/mol. The Kier molecular flexibility index (Phi) is 9.66. The van der Waals surface area contributed by atoms with Crippen molar-refractivity contribution in [1.82, 2.24) is 5.32 Å². The fourth-order valence-corrected chi connectivity index (χ4v) is 8.29. The molecule has 0 saturated heterocycles. The van der Waals surface area contributed by atoms with E-state index in [1.165, 1.54) is 7.11 Å². The Morgan fingerprint density at radius 3 is 2.07 bits per heavy atom. The molecule has 5 aromatic carbocycles. The van der Waals surface area contributed by atoms with Crippen LogP contribution in [0.15, 0.2) is 96.0 Å². The van der Waals surface area contributed by atoms with Gasteiger partial charge in [0.25, 0.3) is 11.8 Å². The van der Waals surface area contributed by atoms with Crippen molar-refractivity contribution in [2.75, 3.05) is 54.8 Å². The molecule has 2 atom stereocenters. The number of para-hydroxylation sites is 2. The number of fused-ring (bicyclic) bond motifs is 8. The molecule has 0 aromatic heterocycles. The number of anilines is 4. The van der Waals surface area contributed by atoms with Crippen LogP contribution in [-0.4, -0.2) is 70.4 Å². The number of rotatable bonds is 11. The molecule has 1 unspecified atom stereocenters. The Morgan fingerprint density at radius 1 is 0.759 bits per heavy atom. The summed E-state index contributed by atoms with van der Waals surface area (Å²) in [6, 6.07) is 28.3. The summed E-state index contributed by atoms with van der Waals surface area (Å²) in [7, 11) is 4.78. The van der Waals surface area contributed by atoms with Crippen LogP contribution in [-0.2, 0) is 30.8 Å². The van der Waals surface area contributed by atoms with Crippen molar-refractivity contribution < 1.29 is 33.3 Å². The molecule has 3 amide bonds. The summed E-state index contributed by atoms with van der Waals surface area (Å²) in [6.07, 6.45) is 3.29. The number of methoxy groups -OCH3 is 2. The molecule has 9 rings (SSSR count). The quantitative estimate of drug-likeness (QED) is 0.141. The number of hydrogen-bond donors (Lipinski definition) is 3. The Balaban J connectivity index is 0.962. The number of nitrogens with one attached hydrogen (secondary N) is 3. The standard InChI is InChI=1S/C45H42N6O7/c1-46-23-43(52)49-30-13-26(24-57-41-19-35-33(17-39(41)55-2)44(53)50-31(21-47-35)15-28-8-4-6-10-37(28)50)12-27(14-30)25-58-42-20-36-34(18-40(42)56-3)45(54)51-32(22-48-36)16-29-9-5-7-11-38(29)51/h4-14,17-21,31-32,46,48H,15-16,22-25H2,1-3H3,(H,49,52)/t31?,32-/m0/s1. The molecule has 5 aromatic rings. The first-order valence-electron chi connectivity index (χ1n) is 19.2. The lowest BCUT2D eigenvalue weighted by molar-refractivity contribution is -0.115. The highest BCUT2D eigenvalue weighted by Crippen LogP contribution is 2.43. The van der Waals surface area contributed by atoms with Crippen molar-refractivity contribution in [3.05, 3.63) is 124 Å². The van der Waals surface area contributed by atoms with Gasteiger partial charge in [-0.25, -0.2) is 0 Å². The number of amides is 3. The maximum absolute atomic E-state index is 13.9. The number of aliphatic imine (C=N–C) groups is 1. The number of hydrogen-bond acceptors (Lipinski definition) is 10. The molecular weight excluding hydrogens is 737 g/mol. The molecule has 0 bridgehead atoms. The van der Waals surface area contributed by atoms with Crippen LogP contribution in [0.1, 0.15) is 43.0 Å². The van der Waals surface area contributed by atoms with Crippen LogP contribution in [0.5, 0.6) is 23.0 Å². The van der Waals surface area contributed by atoms with E-state index in [0.29, 0.717) is 64.2 Å². The van der Waals surface area contributed by atoms with E-state index in [2.05, 4.69) is 22.0 Å². The molecule has 0 radical (unpaired) electrons. The molecule has 294 valence electrons. The van der Waals surface area contributed by atoms with Gasteiger partial charge < -0.3 is 39.8 Å². The molecule has 4 aliphatic rings. The maximum Gasteiger partial charge on any atom is 0.261 e. The van der Waals surface area contributed by atoms with E-state index in [-0.39, 0.29) is 49.6 Å². The van der Waals surface area contributed by atoms with E-state index in [1.54, 1.807) is 37.3 Å². The van der Waals surface area contributed by atoms with Gasteiger partial charge in [0.15, 0.2) is 23.0 Å². The van der Waals surface area contributed by atoms with E-state index in [9.17, 15) is 14.4 Å². The molecule has 58 heavy (non-hydrogen) atoms. The fraction of sp³-hybridized carbons (Fsp3) is 0.244. The summed E-state index contributed by atoms with van der Waals surface area (Å²) >= 11 is 0. The minimum atomic E-state index is -0.211. The zero-order valence-corrected chi connectivity index (χ0v) is 32.3. The Morgan fingerprint density at radius 2 is 1.38 bits per heavy atom. The molecule has 4 heterocycles. The number of carbonyl (C=O) groups is 3. The van der Waals surface area contributed by atoms with Gasteiger partial charge >= 0.3 is 0 Å². The summed E-state index contributed by atoms with van der Waals surface area (Å²) in [6.45, 7) is 0.937. The SMILES string of the molecule is CNCC(=O)Nc1cc(COc2cc3c(cc2OC)C(=O)N2c4ccccc4CC2C=N3)cc(COc2cc3c(cc2OC)C(=O)N2c4ccccc4C[C@H]2CN3)c1. The largest absolute Gasteiger partial charge is 0.493 e. The molecule has 4 aliphatic heterocycles. The second-order valence-corrected chi connectivity index (χ2v) is 14.7. The molecular formula is C45H42N6O7. The van der Waals surface area contributed by atoms with Gasteiger partial charge in [0.2, 0.25) is 5.91 Å². The summed E-state index contributed by atoms with van der Waals surface area (Å²) < 4.78 is 24.2. The predicted molar refractivity (Wildman–Crippen MR) is 222 cm³/mol. The van der Waals surface area contributed by atoms with Crippen LogP contribution in [0.25, 0.3) is 0 Å². The summed E-state index contributed by atoms with van der Waals surface area (Å²) in [5.41, 5.74) is 8.23. The number of nitrogens with zero attached hydrogens (tertiary/aromatic N) is 3. The highest BCUT2D eigenvalue weighted by molar-refractivity contribution is 6.15.